The van der Waals surface area contributed by atoms with Crippen molar-refractivity contribution < 1.29 is 4.79 Å². The third-order valence-electron chi connectivity index (χ3n) is 5.43. The van der Waals surface area contributed by atoms with Gasteiger partial charge >= 0.3 is 0 Å². The Hall–Kier alpha value is -0.480. The molecule has 2 nitrogen and oxygen atoms in total. The molecule has 1 saturated carbocycles. The van der Waals surface area contributed by atoms with Gasteiger partial charge in [-0.05, 0) is 62.1 Å². The van der Waals surface area contributed by atoms with Crippen molar-refractivity contribution in [3.05, 3.63) is 28.7 Å². The Morgan fingerprint density at radius 2 is 1.91 bits per heavy atom. The minimum atomic E-state index is -0.0426. The summed E-state index contributed by atoms with van der Waals surface area (Å²) in [6.07, 6.45) is 4.62. The molecule has 1 saturated heterocycles. The summed E-state index contributed by atoms with van der Waals surface area (Å²) >= 11 is 5.43. The molecule has 0 radical (unpaired) electrons. The Labute approximate surface area is 152 Å². The molecule has 2 fully saturated rings. The van der Waals surface area contributed by atoms with E-state index in [1.807, 2.05) is 23.9 Å². The van der Waals surface area contributed by atoms with Gasteiger partial charge in [-0.2, -0.15) is 0 Å². The molecule has 1 heterocycles. The summed E-state index contributed by atoms with van der Waals surface area (Å²) in [4.78, 5) is 14.9. The summed E-state index contributed by atoms with van der Waals surface area (Å²) < 4.78 is 1.03. The third-order valence-corrected chi connectivity index (χ3v) is 7.51. The number of hydrogen-bond acceptors (Lipinski definition) is 2. The van der Waals surface area contributed by atoms with Crippen LogP contribution in [0.4, 0.5) is 5.69 Å². The van der Waals surface area contributed by atoms with Crippen molar-refractivity contribution in [3.63, 3.8) is 0 Å². The van der Waals surface area contributed by atoms with E-state index < -0.39 is 0 Å². The molecule has 1 spiro atoms. The summed E-state index contributed by atoms with van der Waals surface area (Å²) in [6, 6.07) is 8.19. The van der Waals surface area contributed by atoms with Crippen LogP contribution < -0.4 is 4.90 Å². The minimum absolute atomic E-state index is 0.0426. The number of carbonyl (C=O) groups is 1. The second kappa shape index (κ2) is 6.11. The van der Waals surface area contributed by atoms with Gasteiger partial charge in [-0.25, -0.2) is 0 Å². The van der Waals surface area contributed by atoms with Gasteiger partial charge in [-0.3, -0.25) is 9.69 Å². The van der Waals surface area contributed by atoms with Crippen molar-refractivity contribution in [1.82, 2.24) is 0 Å². The maximum Gasteiger partial charge on any atom is 0.241 e. The first-order valence-electron chi connectivity index (χ1n) is 8.50. The fourth-order valence-electron chi connectivity index (χ4n) is 4.07. The van der Waals surface area contributed by atoms with E-state index in [0.717, 1.165) is 28.9 Å². The molecule has 3 rings (SSSR count). The van der Waals surface area contributed by atoms with Crippen LogP contribution in [0.1, 0.15) is 53.4 Å². The van der Waals surface area contributed by atoms with Crippen molar-refractivity contribution in [1.29, 1.82) is 0 Å². The highest BCUT2D eigenvalue weighted by Gasteiger charge is 2.52. The van der Waals surface area contributed by atoms with E-state index in [4.69, 9.17) is 0 Å². The fraction of sp³-hybridized carbons (Fsp3) is 0.632. The van der Waals surface area contributed by atoms with Gasteiger partial charge in [0.25, 0.3) is 0 Å². The summed E-state index contributed by atoms with van der Waals surface area (Å²) in [6.45, 7) is 9.09. The molecular formula is C19H26BrNOS. The van der Waals surface area contributed by atoms with Crippen LogP contribution in [0.2, 0.25) is 0 Å². The maximum absolute atomic E-state index is 12.9. The fourth-order valence-corrected chi connectivity index (χ4v) is 6.09. The molecular weight excluding hydrogens is 370 g/mol. The van der Waals surface area contributed by atoms with Crippen molar-refractivity contribution in [3.8, 4) is 0 Å². The molecule has 4 heteroatoms. The van der Waals surface area contributed by atoms with Crippen LogP contribution in [0.3, 0.4) is 0 Å². The standard InChI is InChI=1S/C19H26BrNOS/c1-13-17(22)21(16-7-5-6-15(20)12-16)19(23-13)10-8-14(9-11-19)18(2,3)4/h5-7,12-14H,8-11H2,1-4H3. The number of nitrogens with zero attached hydrogens (tertiary/aromatic N) is 1. The van der Waals surface area contributed by atoms with Crippen molar-refractivity contribution >= 4 is 39.3 Å². The lowest BCUT2D eigenvalue weighted by molar-refractivity contribution is -0.118. The predicted octanol–water partition coefficient (Wildman–Crippen LogP) is 5.85. The Bertz CT molecular complexity index is 602. The van der Waals surface area contributed by atoms with Gasteiger partial charge in [-0.1, -0.05) is 42.8 Å². The van der Waals surface area contributed by atoms with Gasteiger partial charge in [0.1, 0.15) is 0 Å². The second-order valence-electron chi connectivity index (χ2n) is 8.00. The van der Waals surface area contributed by atoms with Crippen LogP contribution in [-0.2, 0) is 4.79 Å². The number of anilines is 1. The first kappa shape index (κ1) is 17.3. The summed E-state index contributed by atoms with van der Waals surface area (Å²) in [5, 5.41) is 0.0557. The topological polar surface area (TPSA) is 20.3 Å². The van der Waals surface area contributed by atoms with Crippen molar-refractivity contribution in [2.75, 3.05) is 4.90 Å². The van der Waals surface area contributed by atoms with Gasteiger partial charge in [0, 0.05) is 10.2 Å². The van der Waals surface area contributed by atoms with Crippen LogP contribution in [0.15, 0.2) is 28.7 Å². The number of halogens is 1. The van der Waals surface area contributed by atoms with Crippen molar-refractivity contribution in [2.24, 2.45) is 11.3 Å². The van der Waals surface area contributed by atoms with Crippen LogP contribution in [0.25, 0.3) is 0 Å². The number of hydrogen-bond donors (Lipinski definition) is 0. The number of benzene rings is 1. The van der Waals surface area contributed by atoms with E-state index in [0.29, 0.717) is 5.41 Å². The Morgan fingerprint density at radius 3 is 2.48 bits per heavy atom. The van der Waals surface area contributed by atoms with Gasteiger partial charge in [0.05, 0.1) is 10.1 Å². The van der Waals surface area contributed by atoms with Crippen molar-refractivity contribution in [2.45, 2.75) is 63.5 Å². The zero-order valence-electron chi connectivity index (χ0n) is 14.4. The highest BCUT2D eigenvalue weighted by Crippen LogP contribution is 2.54. The summed E-state index contributed by atoms with van der Waals surface area (Å²) in [5.41, 5.74) is 1.40. The lowest BCUT2D eigenvalue weighted by Gasteiger charge is -2.45. The Kier molecular flexibility index (Phi) is 4.61. The molecule has 126 valence electrons. The van der Waals surface area contributed by atoms with Crippen LogP contribution in [0.5, 0.6) is 0 Å². The van der Waals surface area contributed by atoms with E-state index in [2.05, 4.69) is 60.7 Å². The molecule has 1 amide bonds. The number of amides is 1. The second-order valence-corrected chi connectivity index (χ2v) is 10.6. The highest BCUT2D eigenvalue weighted by molar-refractivity contribution is 9.10. The lowest BCUT2D eigenvalue weighted by Crippen LogP contribution is -2.48. The predicted molar refractivity (Wildman–Crippen MR) is 103 cm³/mol. The normalized spacial score (nSPS) is 31.9. The molecule has 1 aromatic carbocycles. The number of thioether (sulfide) groups is 1. The number of rotatable bonds is 1. The van der Waals surface area contributed by atoms with Crippen LogP contribution in [-0.4, -0.2) is 16.0 Å². The first-order chi connectivity index (χ1) is 10.7. The molecule has 1 aliphatic heterocycles. The Balaban J connectivity index is 1.90. The molecule has 0 bridgehead atoms. The van der Waals surface area contributed by atoms with Gasteiger partial charge in [0.15, 0.2) is 0 Å². The summed E-state index contributed by atoms with van der Waals surface area (Å²) in [5.74, 6) is 1.02. The van der Waals surface area contributed by atoms with Gasteiger partial charge in [-0.15, -0.1) is 11.8 Å². The quantitative estimate of drug-likeness (QED) is 0.594. The zero-order valence-corrected chi connectivity index (χ0v) is 16.8. The molecule has 1 unspecified atom stereocenters. The average molecular weight is 396 g/mol. The van der Waals surface area contributed by atoms with Gasteiger partial charge < -0.3 is 0 Å². The van der Waals surface area contributed by atoms with E-state index in [9.17, 15) is 4.79 Å². The molecule has 1 aromatic rings. The SMILES string of the molecule is CC1SC2(CCC(C(C)(C)C)CC2)N(c2cccc(Br)c2)C1=O. The van der Waals surface area contributed by atoms with Crippen LogP contribution >= 0.6 is 27.7 Å². The van der Waals surface area contributed by atoms with E-state index >= 15 is 0 Å². The smallest absolute Gasteiger partial charge is 0.241 e. The molecule has 2 aliphatic rings. The largest absolute Gasteiger partial charge is 0.296 e. The van der Waals surface area contributed by atoms with E-state index in [1.165, 1.54) is 12.8 Å². The average Bonchev–Trinajstić information content (AvgIpc) is 2.69. The lowest BCUT2D eigenvalue weighted by atomic mass is 9.71. The first-order valence-corrected chi connectivity index (χ1v) is 10.2. The summed E-state index contributed by atoms with van der Waals surface area (Å²) in [7, 11) is 0. The molecule has 1 aliphatic carbocycles. The van der Waals surface area contributed by atoms with E-state index in [-0.39, 0.29) is 16.0 Å². The van der Waals surface area contributed by atoms with Crippen LogP contribution in [0, 0.1) is 11.3 Å². The van der Waals surface area contributed by atoms with E-state index in [1.54, 1.807) is 0 Å². The molecule has 1 atom stereocenters. The zero-order chi connectivity index (χ0) is 16.8. The highest BCUT2D eigenvalue weighted by atomic mass is 79.9. The maximum atomic E-state index is 12.9. The molecule has 0 N–H and O–H groups in total. The minimum Gasteiger partial charge on any atom is -0.296 e. The third kappa shape index (κ3) is 3.21. The number of carbonyl (C=O) groups excluding carboxylic acids is 1. The van der Waals surface area contributed by atoms with Gasteiger partial charge in [0.2, 0.25) is 5.91 Å². The molecule has 23 heavy (non-hydrogen) atoms. The Morgan fingerprint density at radius 1 is 1.26 bits per heavy atom. The monoisotopic (exact) mass is 395 g/mol. The molecule has 0 aromatic heterocycles.